The fraction of sp³-hybridized carbons (Fsp3) is 0.364. The highest BCUT2D eigenvalue weighted by molar-refractivity contribution is 7.15. The molecule has 5 rings (SSSR count). The van der Waals surface area contributed by atoms with Crippen LogP contribution in [0.2, 0.25) is 0 Å². The van der Waals surface area contributed by atoms with Gasteiger partial charge in [-0.2, -0.15) is 0 Å². The second-order valence-corrected chi connectivity index (χ2v) is 8.81. The van der Waals surface area contributed by atoms with Crippen molar-refractivity contribution in [2.75, 3.05) is 13.1 Å². The number of piperidine rings is 1. The van der Waals surface area contributed by atoms with Gasteiger partial charge in [0.15, 0.2) is 11.5 Å². The summed E-state index contributed by atoms with van der Waals surface area (Å²) in [7, 11) is 0. The van der Waals surface area contributed by atoms with Crippen LogP contribution in [0.1, 0.15) is 41.0 Å². The predicted molar refractivity (Wildman–Crippen MR) is 111 cm³/mol. The molecule has 0 spiro atoms. The van der Waals surface area contributed by atoms with Gasteiger partial charge in [0.1, 0.15) is 11.3 Å². The molecule has 0 saturated carbocycles. The summed E-state index contributed by atoms with van der Waals surface area (Å²) in [5, 5.41) is 0. The third-order valence-corrected chi connectivity index (χ3v) is 6.37. The van der Waals surface area contributed by atoms with E-state index < -0.39 is 0 Å². The molecular weight excluding hydrogens is 370 g/mol. The molecular formula is C22H23N3O2S. The summed E-state index contributed by atoms with van der Waals surface area (Å²) >= 11 is 1.72. The number of aromatic nitrogens is 2. The average molecular weight is 394 g/mol. The molecule has 1 aliphatic heterocycles. The second-order valence-electron chi connectivity index (χ2n) is 7.53. The number of rotatable bonds is 4. The Kier molecular flexibility index (Phi) is 4.53. The van der Waals surface area contributed by atoms with Gasteiger partial charge in [-0.05, 0) is 57.5 Å². The van der Waals surface area contributed by atoms with Crippen molar-refractivity contribution < 1.29 is 8.83 Å². The molecule has 5 nitrogen and oxygen atoms in total. The van der Waals surface area contributed by atoms with Gasteiger partial charge in [-0.25, -0.2) is 9.97 Å². The van der Waals surface area contributed by atoms with Gasteiger partial charge in [-0.15, -0.1) is 11.3 Å². The largest absolute Gasteiger partial charge is 0.440 e. The Bertz CT molecular complexity index is 1080. The molecule has 0 aliphatic carbocycles. The highest BCUT2D eigenvalue weighted by Crippen LogP contribution is 2.32. The lowest BCUT2D eigenvalue weighted by Crippen LogP contribution is -2.34. The summed E-state index contributed by atoms with van der Waals surface area (Å²) in [6.07, 6.45) is 2.25. The number of hydrogen-bond acceptors (Lipinski definition) is 6. The van der Waals surface area contributed by atoms with E-state index in [0.717, 1.165) is 71.7 Å². The van der Waals surface area contributed by atoms with E-state index in [2.05, 4.69) is 24.0 Å². The highest BCUT2D eigenvalue weighted by atomic mass is 32.1. The van der Waals surface area contributed by atoms with Gasteiger partial charge in [0.05, 0.1) is 10.6 Å². The first-order valence-electron chi connectivity index (χ1n) is 9.76. The maximum Gasteiger partial charge on any atom is 0.236 e. The Morgan fingerprint density at radius 2 is 2.00 bits per heavy atom. The summed E-state index contributed by atoms with van der Waals surface area (Å²) < 4.78 is 12.0. The van der Waals surface area contributed by atoms with Crippen molar-refractivity contribution in [1.82, 2.24) is 14.9 Å². The molecule has 1 fully saturated rings. The maximum absolute atomic E-state index is 6.02. The average Bonchev–Trinajstić information content (AvgIpc) is 3.41. The predicted octanol–water partition coefficient (Wildman–Crippen LogP) is 5.54. The van der Waals surface area contributed by atoms with Crippen LogP contribution in [-0.2, 0) is 6.54 Å². The molecule has 1 saturated heterocycles. The summed E-state index contributed by atoms with van der Waals surface area (Å²) in [4.78, 5) is 14.3. The van der Waals surface area contributed by atoms with Gasteiger partial charge in [-0.1, -0.05) is 12.1 Å². The first-order valence-corrected chi connectivity index (χ1v) is 10.6. The lowest BCUT2D eigenvalue weighted by atomic mass is 9.98. The lowest BCUT2D eigenvalue weighted by molar-refractivity contribution is 0.185. The standard InChI is InChI=1S/C22H23N3O2S/c1-14-9-10-20(28-14)22-24-18(15(2)26-22)13-25-11-5-6-16(12-25)21-23-17-7-3-4-8-19(17)27-21/h3-4,7-10,16H,5-6,11-13H2,1-2H3/t16-/m0/s1. The van der Waals surface area contributed by atoms with Crippen LogP contribution in [0.4, 0.5) is 0 Å². The van der Waals surface area contributed by atoms with E-state index in [-0.39, 0.29) is 0 Å². The molecule has 6 heteroatoms. The molecule has 4 aromatic rings. The van der Waals surface area contributed by atoms with E-state index in [1.54, 1.807) is 11.3 Å². The molecule has 3 aromatic heterocycles. The van der Waals surface area contributed by atoms with E-state index in [1.165, 1.54) is 4.88 Å². The van der Waals surface area contributed by atoms with E-state index in [4.69, 9.17) is 18.8 Å². The van der Waals surface area contributed by atoms with Gasteiger partial charge in [0.25, 0.3) is 0 Å². The van der Waals surface area contributed by atoms with Gasteiger partial charge in [0.2, 0.25) is 5.89 Å². The van der Waals surface area contributed by atoms with Crippen molar-refractivity contribution in [3.63, 3.8) is 0 Å². The molecule has 28 heavy (non-hydrogen) atoms. The number of oxazole rings is 2. The molecule has 0 N–H and O–H groups in total. The number of thiophene rings is 1. The van der Waals surface area contributed by atoms with E-state index in [9.17, 15) is 0 Å². The Morgan fingerprint density at radius 3 is 2.82 bits per heavy atom. The van der Waals surface area contributed by atoms with E-state index >= 15 is 0 Å². The molecule has 1 aromatic carbocycles. The number of likely N-dealkylation sites (tertiary alicyclic amines) is 1. The first-order chi connectivity index (χ1) is 13.7. The normalized spacial score (nSPS) is 18.1. The van der Waals surface area contributed by atoms with Gasteiger partial charge < -0.3 is 8.83 Å². The topological polar surface area (TPSA) is 55.3 Å². The van der Waals surface area contributed by atoms with Crippen LogP contribution in [0, 0.1) is 13.8 Å². The summed E-state index contributed by atoms with van der Waals surface area (Å²) in [5.74, 6) is 2.83. The van der Waals surface area contributed by atoms with Crippen molar-refractivity contribution in [2.45, 2.75) is 39.2 Å². The minimum absolute atomic E-state index is 0.327. The molecule has 144 valence electrons. The third-order valence-electron chi connectivity index (χ3n) is 5.38. The van der Waals surface area contributed by atoms with Crippen molar-refractivity contribution in [2.24, 2.45) is 0 Å². The van der Waals surface area contributed by atoms with Gasteiger partial charge in [-0.3, -0.25) is 4.90 Å². The lowest BCUT2D eigenvalue weighted by Gasteiger charge is -2.30. The highest BCUT2D eigenvalue weighted by Gasteiger charge is 2.26. The number of para-hydroxylation sites is 2. The summed E-state index contributed by atoms with van der Waals surface area (Å²) in [5.41, 5.74) is 2.84. The number of nitrogens with zero attached hydrogens (tertiary/aromatic N) is 3. The Labute approximate surface area is 168 Å². The second kappa shape index (κ2) is 7.18. The molecule has 0 radical (unpaired) electrons. The third kappa shape index (κ3) is 3.38. The number of hydrogen-bond donors (Lipinski definition) is 0. The fourth-order valence-electron chi connectivity index (χ4n) is 3.91. The van der Waals surface area contributed by atoms with E-state index in [0.29, 0.717) is 5.92 Å². The van der Waals surface area contributed by atoms with Crippen molar-refractivity contribution in [1.29, 1.82) is 0 Å². The van der Waals surface area contributed by atoms with Crippen molar-refractivity contribution >= 4 is 22.4 Å². The smallest absolute Gasteiger partial charge is 0.236 e. The zero-order valence-corrected chi connectivity index (χ0v) is 17.0. The maximum atomic E-state index is 6.02. The van der Waals surface area contributed by atoms with Crippen LogP contribution >= 0.6 is 11.3 Å². The Balaban J connectivity index is 1.32. The number of fused-ring (bicyclic) bond motifs is 1. The van der Waals surface area contributed by atoms with Crippen LogP contribution in [0.5, 0.6) is 0 Å². The Hall–Kier alpha value is -2.44. The minimum Gasteiger partial charge on any atom is -0.440 e. The van der Waals surface area contributed by atoms with E-state index in [1.807, 2.05) is 31.2 Å². The van der Waals surface area contributed by atoms with Crippen LogP contribution in [0.25, 0.3) is 21.9 Å². The molecule has 1 aliphatic rings. The molecule has 1 atom stereocenters. The van der Waals surface area contributed by atoms with Crippen LogP contribution in [0.3, 0.4) is 0 Å². The van der Waals surface area contributed by atoms with Gasteiger partial charge in [0, 0.05) is 23.9 Å². The Morgan fingerprint density at radius 1 is 1.11 bits per heavy atom. The molecule has 0 unspecified atom stereocenters. The van der Waals surface area contributed by atoms with Crippen molar-refractivity contribution in [3.8, 4) is 10.8 Å². The molecule has 4 heterocycles. The van der Waals surface area contributed by atoms with Crippen LogP contribution < -0.4 is 0 Å². The molecule has 0 bridgehead atoms. The minimum atomic E-state index is 0.327. The van der Waals surface area contributed by atoms with Crippen LogP contribution in [-0.4, -0.2) is 28.0 Å². The first kappa shape index (κ1) is 17.6. The monoisotopic (exact) mass is 393 g/mol. The van der Waals surface area contributed by atoms with Crippen LogP contribution in [0.15, 0.2) is 45.2 Å². The fourth-order valence-corrected chi connectivity index (χ4v) is 4.70. The number of benzene rings is 1. The summed E-state index contributed by atoms with van der Waals surface area (Å²) in [6, 6.07) is 12.2. The summed E-state index contributed by atoms with van der Waals surface area (Å²) in [6.45, 7) is 6.92. The molecule has 0 amide bonds. The SMILES string of the molecule is Cc1ccc(-c2nc(CN3CCC[C@H](c4nc5ccccc5o4)C3)c(C)o2)s1. The number of aryl methyl sites for hydroxylation is 2. The zero-order chi connectivity index (χ0) is 19.1. The van der Waals surface area contributed by atoms with Gasteiger partial charge >= 0.3 is 0 Å². The zero-order valence-electron chi connectivity index (χ0n) is 16.1. The van der Waals surface area contributed by atoms with Crippen molar-refractivity contribution in [3.05, 3.63) is 58.6 Å². The quantitative estimate of drug-likeness (QED) is 0.455.